The Balaban J connectivity index is 3.04. The molecule has 0 bridgehead atoms. The maximum atomic E-state index is 12.8. The van der Waals surface area contributed by atoms with Crippen LogP contribution in [-0.4, -0.2) is 58.1 Å². The van der Waals surface area contributed by atoms with Crippen molar-refractivity contribution in [3.63, 3.8) is 0 Å². The van der Waals surface area contributed by atoms with Crippen LogP contribution in [0.3, 0.4) is 0 Å². The van der Waals surface area contributed by atoms with Gasteiger partial charge in [-0.15, -0.1) is 11.8 Å². The van der Waals surface area contributed by atoms with Crippen molar-refractivity contribution in [1.29, 1.82) is 0 Å². The first kappa shape index (κ1) is 30.3. The van der Waals surface area contributed by atoms with Crippen LogP contribution >= 0.6 is 11.8 Å². The van der Waals surface area contributed by atoms with Crippen LogP contribution in [0.5, 0.6) is 5.75 Å². The highest BCUT2D eigenvalue weighted by molar-refractivity contribution is 7.99. The molecule has 194 valence electrons. The van der Waals surface area contributed by atoms with E-state index in [9.17, 15) is 9.59 Å². The van der Waals surface area contributed by atoms with Gasteiger partial charge >= 0.3 is 12.1 Å². The Labute approximate surface area is 210 Å². The van der Waals surface area contributed by atoms with Crippen LogP contribution < -0.4 is 10.1 Å². The second-order valence-electron chi connectivity index (χ2n) is 10.8. The Kier molecular flexibility index (Phi) is 11.4. The minimum Gasteiger partial charge on any atom is -0.497 e. The van der Waals surface area contributed by atoms with Gasteiger partial charge in [0.05, 0.1) is 20.3 Å². The molecule has 0 unspecified atom stereocenters. The van der Waals surface area contributed by atoms with Crippen molar-refractivity contribution in [2.45, 2.75) is 88.7 Å². The van der Waals surface area contributed by atoms with Gasteiger partial charge in [-0.1, -0.05) is 32.9 Å². The highest BCUT2D eigenvalue weighted by Gasteiger charge is 2.38. The van der Waals surface area contributed by atoms with Gasteiger partial charge in [0.15, 0.2) is 8.32 Å². The molecule has 1 rings (SSSR count). The largest absolute Gasteiger partial charge is 0.497 e. The summed E-state index contributed by atoms with van der Waals surface area (Å²) < 4.78 is 22.1. The molecule has 1 aromatic rings. The summed E-state index contributed by atoms with van der Waals surface area (Å²) >= 11 is 1.42. The second kappa shape index (κ2) is 12.8. The number of nitrogens with one attached hydrogen (secondary N) is 1. The van der Waals surface area contributed by atoms with Gasteiger partial charge in [-0.2, -0.15) is 0 Å². The average Bonchev–Trinajstić information content (AvgIpc) is 2.71. The molecular formula is C25H43NO6SSi. The lowest BCUT2D eigenvalue weighted by Gasteiger charge is -2.37. The zero-order valence-corrected chi connectivity index (χ0v) is 24.3. The van der Waals surface area contributed by atoms with Crippen LogP contribution in [-0.2, 0) is 24.4 Å². The number of ether oxygens (including phenoxy) is 3. The molecule has 0 aliphatic heterocycles. The van der Waals surface area contributed by atoms with E-state index >= 15 is 0 Å². The van der Waals surface area contributed by atoms with Crippen LogP contribution in [0.25, 0.3) is 0 Å². The van der Waals surface area contributed by atoms with Gasteiger partial charge in [0.25, 0.3) is 0 Å². The summed E-state index contributed by atoms with van der Waals surface area (Å²) in [6.45, 7) is 16.7. The fourth-order valence-electron chi connectivity index (χ4n) is 2.79. The van der Waals surface area contributed by atoms with Crippen molar-refractivity contribution in [3.05, 3.63) is 29.8 Å². The molecule has 0 saturated carbocycles. The first-order valence-corrected chi connectivity index (χ1v) is 15.5. The van der Waals surface area contributed by atoms with Crippen molar-refractivity contribution in [2.75, 3.05) is 20.8 Å². The van der Waals surface area contributed by atoms with Gasteiger partial charge in [0, 0.05) is 12.4 Å². The topological polar surface area (TPSA) is 83.1 Å². The molecule has 1 N–H and O–H groups in total. The second-order valence-corrected chi connectivity index (χ2v) is 16.7. The summed E-state index contributed by atoms with van der Waals surface area (Å²) in [5.41, 5.74) is 0.386. The monoisotopic (exact) mass is 513 g/mol. The number of hydrogen-bond donors (Lipinski definition) is 1. The van der Waals surface area contributed by atoms with E-state index in [0.29, 0.717) is 18.8 Å². The molecule has 0 fully saturated rings. The van der Waals surface area contributed by atoms with Crippen molar-refractivity contribution in [3.8, 4) is 5.75 Å². The number of esters is 1. The van der Waals surface area contributed by atoms with Crippen molar-refractivity contribution >= 4 is 32.1 Å². The number of benzene rings is 1. The minimum absolute atomic E-state index is 0.0615. The molecule has 0 aliphatic carbocycles. The Bertz CT molecular complexity index is 786. The fraction of sp³-hybridized carbons (Fsp3) is 0.680. The average molecular weight is 514 g/mol. The van der Waals surface area contributed by atoms with Crippen LogP contribution in [0.2, 0.25) is 18.1 Å². The van der Waals surface area contributed by atoms with Gasteiger partial charge in [-0.3, -0.25) is 4.79 Å². The summed E-state index contributed by atoms with van der Waals surface area (Å²) in [6.07, 6.45) is -0.106. The zero-order valence-electron chi connectivity index (χ0n) is 22.4. The maximum absolute atomic E-state index is 12.8. The van der Waals surface area contributed by atoms with Crippen molar-refractivity contribution in [1.82, 2.24) is 5.32 Å². The predicted molar refractivity (Wildman–Crippen MR) is 141 cm³/mol. The number of carbonyl (C=O) groups is 2. The molecule has 0 spiro atoms. The number of hydrogen-bond acceptors (Lipinski definition) is 7. The van der Waals surface area contributed by atoms with Gasteiger partial charge in [0.2, 0.25) is 0 Å². The standard InChI is InChI=1S/C25H43NO6SSi/c1-24(2,3)32-23(28)26-20(15-16-31-34(9,10)25(4,5)6)21(22(27)30-8)33-17-18-11-13-19(29-7)14-12-18/h11-14,20-21H,15-17H2,1-10H3,(H,26,28)/t20-,21-/m0/s1. The third-order valence-corrected chi connectivity index (χ3v) is 11.7. The van der Waals surface area contributed by atoms with Crippen LogP contribution in [0.1, 0.15) is 53.5 Å². The molecule has 2 atom stereocenters. The van der Waals surface area contributed by atoms with Crippen LogP contribution in [0.4, 0.5) is 4.79 Å². The van der Waals surface area contributed by atoms with E-state index in [1.807, 2.05) is 24.3 Å². The maximum Gasteiger partial charge on any atom is 0.407 e. The molecule has 34 heavy (non-hydrogen) atoms. The minimum atomic E-state index is -1.98. The van der Waals surface area contributed by atoms with E-state index in [-0.39, 0.29) is 5.04 Å². The lowest BCUT2D eigenvalue weighted by atomic mass is 10.1. The summed E-state index contributed by atoms with van der Waals surface area (Å²) in [4.78, 5) is 25.4. The predicted octanol–water partition coefficient (Wildman–Crippen LogP) is 5.78. The number of rotatable bonds is 11. The van der Waals surface area contributed by atoms with Crippen molar-refractivity contribution in [2.24, 2.45) is 0 Å². The van der Waals surface area contributed by atoms with E-state index < -0.39 is 37.3 Å². The summed E-state index contributed by atoms with van der Waals surface area (Å²) in [7, 11) is 1.00. The quantitative estimate of drug-likeness (QED) is 0.297. The number of thioether (sulfide) groups is 1. The van der Waals surface area contributed by atoms with Crippen LogP contribution in [0.15, 0.2) is 24.3 Å². The Morgan fingerprint density at radius 2 is 1.62 bits per heavy atom. The van der Waals surface area contributed by atoms with E-state index in [0.717, 1.165) is 11.3 Å². The lowest BCUT2D eigenvalue weighted by Crippen LogP contribution is -2.49. The van der Waals surface area contributed by atoms with E-state index in [2.05, 4.69) is 39.2 Å². The highest BCUT2D eigenvalue weighted by atomic mass is 32.2. The van der Waals surface area contributed by atoms with Gasteiger partial charge < -0.3 is 24.0 Å². The van der Waals surface area contributed by atoms with Gasteiger partial charge in [-0.05, 0) is 63.0 Å². The molecule has 0 radical (unpaired) electrons. The summed E-state index contributed by atoms with van der Waals surface area (Å²) in [6, 6.07) is 7.16. The van der Waals surface area contributed by atoms with Crippen LogP contribution in [0, 0.1) is 0 Å². The smallest absolute Gasteiger partial charge is 0.407 e. The zero-order chi connectivity index (χ0) is 26.2. The van der Waals surface area contributed by atoms with E-state index in [4.69, 9.17) is 18.6 Å². The fourth-order valence-corrected chi connectivity index (χ4v) is 5.08. The van der Waals surface area contributed by atoms with E-state index in [1.54, 1.807) is 27.9 Å². The van der Waals surface area contributed by atoms with Gasteiger partial charge in [-0.25, -0.2) is 4.79 Å². The molecule has 0 saturated heterocycles. The Morgan fingerprint density at radius 1 is 1.03 bits per heavy atom. The Morgan fingerprint density at radius 3 is 2.09 bits per heavy atom. The number of carbonyl (C=O) groups excluding carboxylic acids is 2. The first-order valence-electron chi connectivity index (χ1n) is 11.6. The molecule has 0 heterocycles. The molecular weight excluding hydrogens is 470 g/mol. The van der Waals surface area contributed by atoms with Crippen molar-refractivity contribution < 1.29 is 28.2 Å². The third-order valence-electron chi connectivity index (χ3n) is 5.79. The normalized spacial score (nSPS) is 14.2. The lowest BCUT2D eigenvalue weighted by molar-refractivity contribution is -0.140. The number of alkyl carbamates (subject to hydrolysis) is 1. The number of amides is 1. The molecule has 0 aliphatic rings. The third kappa shape index (κ3) is 10.3. The van der Waals surface area contributed by atoms with Gasteiger partial charge in [0.1, 0.15) is 16.6 Å². The molecule has 1 amide bonds. The number of methoxy groups -OCH3 is 2. The highest BCUT2D eigenvalue weighted by Crippen LogP contribution is 2.36. The first-order chi connectivity index (χ1) is 15.6. The summed E-state index contributed by atoms with van der Waals surface area (Å²) in [5.74, 6) is 0.941. The SMILES string of the molecule is COC(=O)[C@@H](SCc1ccc(OC)cc1)[C@H](CCO[Si](C)(C)C(C)(C)C)NC(=O)OC(C)(C)C. The molecule has 0 aromatic heterocycles. The summed E-state index contributed by atoms with van der Waals surface area (Å²) in [5, 5.41) is 2.34. The molecule has 1 aromatic carbocycles. The molecule has 7 nitrogen and oxygen atoms in total. The van der Waals surface area contributed by atoms with E-state index in [1.165, 1.54) is 18.9 Å². The Hall–Kier alpha value is -1.71. The molecule has 9 heteroatoms.